The van der Waals surface area contributed by atoms with Crippen molar-refractivity contribution < 1.29 is 18.6 Å². The summed E-state index contributed by atoms with van der Waals surface area (Å²) >= 11 is 0. The third kappa shape index (κ3) is 11.2. The molecule has 5 heteroatoms. The molecule has 2 atom stereocenters. The Kier molecular flexibility index (Phi) is 13.2. The van der Waals surface area contributed by atoms with E-state index in [0.717, 1.165) is 31.6 Å². The van der Waals surface area contributed by atoms with Crippen LogP contribution in [0.4, 0.5) is 0 Å². The van der Waals surface area contributed by atoms with Crippen LogP contribution < -0.4 is 4.74 Å². The number of methoxy groups -OCH3 is 1. The summed E-state index contributed by atoms with van der Waals surface area (Å²) in [5, 5.41) is 0.206. The average Bonchev–Trinajstić information content (AvgIpc) is 2.85. The summed E-state index contributed by atoms with van der Waals surface area (Å²) in [6, 6.07) is 18.6. The van der Waals surface area contributed by atoms with Crippen molar-refractivity contribution in [1.29, 1.82) is 0 Å². The van der Waals surface area contributed by atoms with E-state index in [1.54, 1.807) is 7.11 Å². The van der Waals surface area contributed by atoms with Crippen LogP contribution in [0, 0.1) is 0 Å². The normalized spacial score (nSPS) is 14.0. The molecule has 202 valence electrons. The van der Waals surface area contributed by atoms with E-state index in [0.29, 0.717) is 13.2 Å². The van der Waals surface area contributed by atoms with E-state index < -0.39 is 8.32 Å². The molecule has 0 saturated carbocycles. The molecule has 0 spiro atoms. The highest BCUT2D eigenvalue weighted by Gasteiger charge is 2.37. The Balaban J connectivity index is 2.04. The van der Waals surface area contributed by atoms with Crippen LogP contribution in [0.2, 0.25) is 18.1 Å². The maximum atomic E-state index is 6.51. The first kappa shape index (κ1) is 30.6. The number of hydrogen-bond acceptors (Lipinski definition) is 4. The minimum absolute atomic E-state index is 0.0949. The molecule has 0 aliphatic rings. The van der Waals surface area contributed by atoms with Gasteiger partial charge in [0, 0.05) is 6.61 Å². The number of ether oxygens (including phenoxy) is 3. The van der Waals surface area contributed by atoms with Gasteiger partial charge in [-0.1, -0.05) is 89.4 Å². The molecule has 0 aromatic heterocycles. The molecule has 0 saturated heterocycles. The molecule has 0 fully saturated rings. The van der Waals surface area contributed by atoms with Crippen molar-refractivity contribution in [3.8, 4) is 5.75 Å². The molecule has 0 unspecified atom stereocenters. The van der Waals surface area contributed by atoms with Crippen LogP contribution >= 0.6 is 0 Å². The molecular weight excluding hydrogens is 464 g/mol. The Hall–Kier alpha value is -1.66. The Morgan fingerprint density at radius 1 is 0.778 bits per heavy atom. The van der Waals surface area contributed by atoms with Crippen molar-refractivity contribution in [2.45, 2.75) is 110 Å². The van der Waals surface area contributed by atoms with E-state index in [4.69, 9.17) is 18.6 Å². The van der Waals surface area contributed by atoms with Gasteiger partial charge in [0.05, 0.1) is 32.5 Å². The van der Waals surface area contributed by atoms with Crippen LogP contribution in [0.25, 0.3) is 0 Å². The smallest absolute Gasteiger partial charge is 0.191 e. The Morgan fingerprint density at radius 2 is 1.36 bits per heavy atom. The molecule has 0 heterocycles. The fourth-order valence-corrected chi connectivity index (χ4v) is 4.90. The molecule has 4 nitrogen and oxygen atoms in total. The summed E-state index contributed by atoms with van der Waals surface area (Å²) in [5.74, 6) is 0.870. The van der Waals surface area contributed by atoms with E-state index in [1.165, 1.54) is 30.4 Å². The lowest BCUT2D eigenvalue weighted by Crippen LogP contribution is -2.41. The molecule has 0 N–H and O–H groups in total. The molecule has 0 aliphatic heterocycles. The lowest BCUT2D eigenvalue weighted by molar-refractivity contribution is -0.0396. The van der Waals surface area contributed by atoms with Gasteiger partial charge in [-0.05, 0) is 60.7 Å². The summed E-state index contributed by atoms with van der Waals surface area (Å²) in [6.45, 7) is 15.7. The molecule has 2 aromatic carbocycles. The molecule has 36 heavy (non-hydrogen) atoms. The predicted molar refractivity (Wildman–Crippen MR) is 153 cm³/mol. The van der Waals surface area contributed by atoms with Gasteiger partial charge in [0.25, 0.3) is 0 Å². The minimum atomic E-state index is -1.79. The molecule has 0 bridgehead atoms. The van der Waals surface area contributed by atoms with Gasteiger partial charge in [0.1, 0.15) is 5.75 Å². The molecule has 2 rings (SSSR count). The zero-order chi connectivity index (χ0) is 26.4. The van der Waals surface area contributed by atoms with E-state index in [-0.39, 0.29) is 17.2 Å². The quantitative estimate of drug-likeness (QED) is 0.156. The molecule has 0 radical (unpaired) electrons. The van der Waals surface area contributed by atoms with Gasteiger partial charge in [-0.25, -0.2) is 0 Å². The topological polar surface area (TPSA) is 36.9 Å². The SMILES string of the molecule is CCCCC[C@H](C[C@H](CCO[Si](C)(C)C(C)(C)C)OCc1ccccc1)OCc1ccc(OC)cc1. The second kappa shape index (κ2) is 15.6. The van der Waals surface area contributed by atoms with Crippen LogP contribution in [0.5, 0.6) is 5.75 Å². The van der Waals surface area contributed by atoms with Crippen molar-refractivity contribution >= 4 is 8.32 Å². The van der Waals surface area contributed by atoms with Gasteiger partial charge in [0.2, 0.25) is 0 Å². The zero-order valence-electron chi connectivity index (χ0n) is 23.8. The summed E-state index contributed by atoms with van der Waals surface area (Å²) < 4.78 is 24.8. The summed E-state index contributed by atoms with van der Waals surface area (Å²) in [6.07, 6.45) is 6.69. The van der Waals surface area contributed by atoms with Gasteiger partial charge in [0.15, 0.2) is 8.32 Å². The molecular formula is C31H50O4Si. The maximum absolute atomic E-state index is 6.51. The lowest BCUT2D eigenvalue weighted by atomic mass is 10.0. The monoisotopic (exact) mass is 514 g/mol. The van der Waals surface area contributed by atoms with Crippen molar-refractivity contribution in [2.24, 2.45) is 0 Å². The average molecular weight is 515 g/mol. The van der Waals surface area contributed by atoms with E-state index in [9.17, 15) is 0 Å². The number of hydrogen-bond donors (Lipinski definition) is 0. The largest absolute Gasteiger partial charge is 0.497 e. The van der Waals surface area contributed by atoms with Crippen molar-refractivity contribution in [3.05, 3.63) is 65.7 Å². The minimum Gasteiger partial charge on any atom is -0.497 e. The lowest BCUT2D eigenvalue weighted by Gasteiger charge is -2.36. The van der Waals surface area contributed by atoms with Crippen LogP contribution in [-0.4, -0.2) is 34.2 Å². The second-order valence-corrected chi connectivity index (χ2v) is 16.1. The highest BCUT2D eigenvalue weighted by atomic mass is 28.4. The zero-order valence-corrected chi connectivity index (χ0v) is 24.8. The maximum Gasteiger partial charge on any atom is 0.191 e. The van der Waals surface area contributed by atoms with Crippen LogP contribution in [0.3, 0.4) is 0 Å². The van der Waals surface area contributed by atoms with Gasteiger partial charge in [-0.15, -0.1) is 0 Å². The van der Waals surface area contributed by atoms with Gasteiger partial charge >= 0.3 is 0 Å². The van der Waals surface area contributed by atoms with E-state index in [2.05, 4.69) is 77.2 Å². The van der Waals surface area contributed by atoms with Gasteiger partial charge in [-0.3, -0.25) is 0 Å². The Labute approximate surface area is 221 Å². The first-order valence-electron chi connectivity index (χ1n) is 13.7. The van der Waals surface area contributed by atoms with Crippen LogP contribution in [-0.2, 0) is 27.1 Å². The summed E-state index contributed by atoms with van der Waals surface area (Å²) in [5.41, 5.74) is 2.37. The van der Waals surface area contributed by atoms with Gasteiger partial charge in [-0.2, -0.15) is 0 Å². The van der Waals surface area contributed by atoms with Crippen molar-refractivity contribution in [1.82, 2.24) is 0 Å². The van der Waals surface area contributed by atoms with Gasteiger partial charge < -0.3 is 18.6 Å². The molecule has 0 aliphatic carbocycles. The molecule has 0 amide bonds. The number of unbranched alkanes of at least 4 members (excludes halogenated alkanes) is 2. The number of benzene rings is 2. The summed E-state index contributed by atoms with van der Waals surface area (Å²) in [7, 11) is -0.0946. The van der Waals surface area contributed by atoms with E-state index in [1.807, 2.05) is 18.2 Å². The first-order valence-corrected chi connectivity index (χ1v) is 16.6. The number of rotatable bonds is 17. The standard InChI is InChI=1S/C31H50O4Si/c1-8-9-11-16-29(33-25-27-17-19-28(32-5)20-18-27)23-30(34-24-26-14-12-10-13-15-26)21-22-35-36(6,7)31(2,3)4/h10,12-15,17-20,29-30H,8-9,11,16,21-25H2,1-7H3/t29-,30+/m1/s1. The fourth-order valence-electron chi connectivity index (χ4n) is 3.84. The van der Waals surface area contributed by atoms with Crippen LogP contribution in [0.1, 0.15) is 77.3 Å². The molecule has 2 aromatic rings. The van der Waals surface area contributed by atoms with E-state index >= 15 is 0 Å². The third-order valence-corrected chi connectivity index (χ3v) is 11.9. The highest BCUT2D eigenvalue weighted by molar-refractivity contribution is 6.74. The highest BCUT2D eigenvalue weighted by Crippen LogP contribution is 2.36. The van der Waals surface area contributed by atoms with Crippen molar-refractivity contribution in [3.63, 3.8) is 0 Å². The Morgan fingerprint density at radius 3 is 1.92 bits per heavy atom. The summed E-state index contributed by atoms with van der Waals surface area (Å²) in [4.78, 5) is 0. The van der Waals surface area contributed by atoms with Crippen LogP contribution in [0.15, 0.2) is 54.6 Å². The Bertz CT molecular complexity index is 830. The third-order valence-electron chi connectivity index (χ3n) is 7.34. The first-order chi connectivity index (χ1) is 17.1. The fraction of sp³-hybridized carbons (Fsp3) is 0.613. The second-order valence-electron chi connectivity index (χ2n) is 11.3. The predicted octanol–water partition coefficient (Wildman–Crippen LogP) is 8.55. The van der Waals surface area contributed by atoms with Crippen molar-refractivity contribution in [2.75, 3.05) is 13.7 Å².